The average Bonchev–Trinajstić information content (AvgIpc) is 2.59. The summed E-state index contributed by atoms with van der Waals surface area (Å²) >= 11 is 0. The van der Waals surface area contributed by atoms with E-state index in [1.165, 1.54) is 0 Å². The minimum absolute atomic E-state index is 0.267. The minimum Gasteiger partial charge on any atom is -0.491 e. The molecule has 0 aliphatic heterocycles. The summed E-state index contributed by atoms with van der Waals surface area (Å²) in [6.07, 6.45) is 0. The van der Waals surface area contributed by atoms with Crippen molar-refractivity contribution in [2.75, 3.05) is 6.61 Å². The molecule has 6 nitrogen and oxygen atoms in total. The molecule has 2 aromatic rings. The number of carbonyl (C=O) groups is 2. The van der Waals surface area contributed by atoms with Gasteiger partial charge in [0.2, 0.25) is 5.91 Å². The normalized spacial score (nSPS) is 12.7. The zero-order valence-corrected chi connectivity index (χ0v) is 13.4. The van der Waals surface area contributed by atoms with Gasteiger partial charge in [-0.3, -0.25) is 4.79 Å². The molecule has 0 aromatic heterocycles. The number of para-hydroxylation sites is 1. The van der Waals surface area contributed by atoms with Gasteiger partial charge in [-0.1, -0.05) is 48.5 Å². The van der Waals surface area contributed by atoms with Crippen LogP contribution < -0.4 is 21.1 Å². The van der Waals surface area contributed by atoms with E-state index in [1.54, 1.807) is 6.92 Å². The Hall–Kier alpha value is -3.02. The molecule has 24 heavy (non-hydrogen) atoms. The largest absolute Gasteiger partial charge is 0.491 e. The van der Waals surface area contributed by atoms with Crippen LogP contribution in [0, 0.1) is 0 Å². The van der Waals surface area contributed by atoms with Crippen molar-refractivity contribution in [1.29, 1.82) is 0 Å². The maximum atomic E-state index is 12.2. The van der Waals surface area contributed by atoms with Crippen LogP contribution >= 0.6 is 0 Å². The fraction of sp³-hybridized carbons (Fsp3) is 0.222. The highest BCUT2D eigenvalue weighted by Gasteiger charge is 2.20. The van der Waals surface area contributed by atoms with E-state index < -0.39 is 12.1 Å². The predicted octanol–water partition coefficient (Wildman–Crippen LogP) is 1.98. The third-order valence-corrected chi connectivity index (χ3v) is 3.43. The molecule has 2 aromatic carbocycles. The van der Waals surface area contributed by atoms with Crippen LogP contribution in [0.15, 0.2) is 60.7 Å². The highest BCUT2D eigenvalue weighted by atomic mass is 16.5. The zero-order valence-electron chi connectivity index (χ0n) is 13.4. The monoisotopic (exact) mass is 327 g/mol. The molecule has 0 spiro atoms. The Labute approximate surface area is 141 Å². The summed E-state index contributed by atoms with van der Waals surface area (Å²) < 4.78 is 5.76. The molecule has 2 atom stereocenters. The van der Waals surface area contributed by atoms with Gasteiger partial charge in [0.1, 0.15) is 18.4 Å². The summed E-state index contributed by atoms with van der Waals surface area (Å²) in [7, 11) is 0. The molecule has 0 aliphatic carbocycles. The number of ether oxygens (including phenoxy) is 1. The number of nitrogens with two attached hydrogens (primary N) is 1. The number of benzene rings is 2. The Morgan fingerprint density at radius 1 is 1.00 bits per heavy atom. The van der Waals surface area contributed by atoms with Crippen LogP contribution in [0.2, 0.25) is 0 Å². The number of hydrogen-bond acceptors (Lipinski definition) is 3. The van der Waals surface area contributed by atoms with E-state index >= 15 is 0 Å². The van der Waals surface area contributed by atoms with Gasteiger partial charge in [0.05, 0.1) is 6.04 Å². The molecule has 2 rings (SSSR count). The molecule has 0 saturated heterocycles. The Balaban J connectivity index is 2.06. The third-order valence-electron chi connectivity index (χ3n) is 3.43. The fourth-order valence-electron chi connectivity index (χ4n) is 2.18. The molecule has 3 amide bonds. The maximum absolute atomic E-state index is 12.2. The molecule has 0 fully saturated rings. The quantitative estimate of drug-likeness (QED) is 0.726. The van der Waals surface area contributed by atoms with E-state index in [-0.39, 0.29) is 18.6 Å². The third kappa shape index (κ3) is 5.31. The van der Waals surface area contributed by atoms with Crippen LogP contribution in [0.25, 0.3) is 0 Å². The van der Waals surface area contributed by atoms with Crippen LogP contribution in [0.1, 0.15) is 18.5 Å². The number of nitrogens with one attached hydrogen (secondary N) is 2. The molecule has 0 saturated carbocycles. The first-order valence-corrected chi connectivity index (χ1v) is 7.65. The summed E-state index contributed by atoms with van der Waals surface area (Å²) in [5.74, 6) is 0.385. The lowest BCUT2D eigenvalue weighted by Gasteiger charge is -2.22. The zero-order chi connectivity index (χ0) is 17.4. The maximum Gasteiger partial charge on any atom is 0.312 e. The second-order valence-corrected chi connectivity index (χ2v) is 5.33. The molecule has 0 heterocycles. The Bertz CT molecular complexity index is 662. The van der Waals surface area contributed by atoms with Crippen molar-refractivity contribution >= 4 is 11.9 Å². The van der Waals surface area contributed by atoms with Gasteiger partial charge < -0.3 is 21.1 Å². The smallest absolute Gasteiger partial charge is 0.312 e. The Morgan fingerprint density at radius 3 is 2.17 bits per heavy atom. The second kappa shape index (κ2) is 8.57. The van der Waals surface area contributed by atoms with Gasteiger partial charge in [-0.05, 0) is 24.6 Å². The van der Waals surface area contributed by atoms with Gasteiger partial charge in [-0.15, -0.1) is 0 Å². The molecule has 6 heteroatoms. The molecular formula is C18H21N3O3. The van der Waals surface area contributed by atoms with E-state index in [0.29, 0.717) is 0 Å². The Morgan fingerprint density at radius 2 is 1.58 bits per heavy atom. The topological polar surface area (TPSA) is 93.5 Å². The van der Waals surface area contributed by atoms with Gasteiger partial charge >= 0.3 is 6.03 Å². The standard InChI is InChI=1S/C18H21N3O3/c1-13(20-18(19)23)17(22)21-16(14-8-4-2-5-9-14)12-24-15-10-6-3-7-11-15/h2-11,13,16H,12H2,1H3,(H,21,22)(H3,19,20,23)/t13-,16-/m0/s1. The SMILES string of the molecule is C[C@H](NC(N)=O)C(=O)N[C@@H](COc1ccccc1)c1ccccc1. The molecule has 4 N–H and O–H groups in total. The van der Waals surface area contributed by atoms with Crippen molar-refractivity contribution in [1.82, 2.24) is 10.6 Å². The van der Waals surface area contributed by atoms with Gasteiger partial charge in [0.25, 0.3) is 0 Å². The van der Waals surface area contributed by atoms with Crippen molar-refractivity contribution in [3.63, 3.8) is 0 Å². The summed E-state index contributed by atoms with van der Waals surface area (Å²) in [4.78, 5) is 23.1. The lowest BCUT2D eigenvalue weighted by atomic mass is 10.1. The first kappa shape index (κ1) is 17.3. The number of carbonyl (C=O) groups excluding carboxylic acids is 2. The molecular weight excluding hydrogens is 306 g/mol. The lowest BCUT2D eigenvalue weighted by molar-refractivity contribution is -0.123. The van der Waals surface area contributed by atoms with Crippen LogP contribution in [0.4, 0.5) is 4.79 Å². The van der Waals surface area contributed by atoms with Crippen molar-refractivity contribution in [2.24, 2.45) is 5.73 Å². The van der Waals surface area contributed by atoms with E-state index in [2.05, 4.69) is 10.6 Å². The van der Waals surface area contributed by atoms with Crippen molar-refractivity contribution in [3.05, 3.63) is 66.2 Å². The number of primary amides is 1. The lowest BCUT2D eigenvalue weighted by Crippen LogP contribution is -2.48. The highest BCUT2D eigenvalue weighted by molar-refractivity contribution is 5.86. The molecule has 0 unspecified atom stereocenters. The number of urea groups is 1. The second-order valence-electron chi connectivity index (χ2n) is 5.33. The van der Waals surface area contributed by atoms with Crippen molar-refractivity contribution in [3.8, 4) is 5.75 Å². The van der Waals surface area contributed by atoms with Crippen molar-refractivity contribution < 1.29 is 14.3 Å². The average molecular weight is 327 g/mol. The van der Waals surface area contributed by atoms with Gasteiger partial charge in [0, 0.05) is 0 Å². The minimum atomic E-state index is -0.741. The first-order chi connectivity index (χ1) is 11.6. The number of amides is 3. The fourth-order valence-corrected chi connectivity index (χ4v) is 2.18. The molecule has 126 valence electrons. The van der Waals surface area contributed by atoms with Crippen LogP contribution in [-0.4, -0.2) is 24.6 Å². The van der Waals surface area contributed by atoms with E-state index in [0.717, 1.165) is 11.3 Å². The van der Waals surface area contributed by atoms with Crippen molar-refractivity contribution in [2.45, 2.75) is 19.0 Å². The van der Waals surface area contributed by atoms with E-state index in [9.17, 15) is 9.59 Å². The summed E-state index contributed by atoms with van der Waals surface area (Å²) in [5.41, 5.74) is 5.96. The van der Waals surface area contributed by atoms with Gasteiger partial charge in [-0.2, -0.15) is 0 Å². The molecule has 0 radical (unpaired) electrons. The first-order valence-electron chi connectivity index (χ1n) is 7.65. The number of rotatable bonds is 7. The van der Waals surface area contributed by atoms with Crippen LogP contribution in [0.5, 0.6) is 5.75 Å². The van der Waals surface area contributed by atoms with Gasteiger partial charge in [0.15, 0.2) is 0 Å². The van der Waals surface area contributed by atoms with Gasteiger partial charge in [-0.25, -0.2) is 4.79 Å². The summed E-state index contributed by atoms with van der Waals surface area (Å²) in [6.45, 7) is 1.84. The summed E-state index contributed by atoms with van der Waals surface area (Å²) in [5, 5.41) is 5.23. The van der Waals surface area contributed by atoms with E-state index in [1.807, 2.05) is 60.7 Å². The van der Waals surface area contributed by atoms with Crippen LogP contribution in [0.3, 0.4) is 0 Å². The summed E-state index contributed by atoms with van der Waals surface area (Å²) in [6, 6.07) is 17.0. The number of hydrogen-bond donors (Lipinski definition) is 3. The van der Waals surface area contributed by atoms with Crippen LogP contribution in [-0.2, 0) is 4.79 Å². The highest BCUT2D eigenvalue weighted by Crippen LogP contribution is 2.16. The van der Waals surface area contributed by atoms with E-state index in [4.69, 9.17) is 10.5 Å². The molecule has 0 aliphatic rings. The molecule has 0 bridgehead atoms. The Kier molecular flexibility index (Phi) is 6.19. The predicted molar refractivity (Wildman–Crippen MR) is 91.4 cm³/mol.